The molecule has 1 aromatic carbocycles. The molecule has 0 saturated carbocycles. The van der Waals surface area contributed by atoms with E-state index in [-0.39, 0.29) is 11.9 Å². The minimum Gasteiger partial charge on any atom is -0.481 e. The summed E-state index contributed by atoms with van der Waals surface area (Å²) in [7, 11) is 2.11. The zero-order valence-corrected chi connectivity index (χ0v) is 13.8. The number of thioether (sulfide) groups is 1. The molecule has 0 radical (unpaired) electrons. The predicted molar refractivity (Wildman–Crippen MR) is 87.0 cm³/mol. The van der Waals surface area contributed by atoms with Crippen LogP contribution in [0.15, 0.2) is 29.2 Å². The van der Waals surface area contributed by atoms with Crippen molar-refractivity contribution in [1.29, 1.82) is 0 Å². The van der Waals surface area contributed by atoms with Crippen LogP contribution in [0.2, 0.25) is 0 Å². The first-order valence-electron chi connectivity index (χ1n) is 7.38. The maximum absolute atomic E-state index is 12.2. The van der Waals surface area contributed by atoms with Crippen LogP contribution in [-0.2, 0) is 4.79 Å². The van der Waals surface area contributed by atoms with Crippen LogP contribution in [0.4, 0.5) is 0 Å². The molecule has 1 heterocycles. The van der Waals surface area contributed by atoms with Gasteiger partial charge < -0.3 is 15.0 Å². The Balaban J connectivity index is 1.81. The van der Waals surface area contributed by atoms with Crippen molar-refractivity contribution < 1.29 is 9.53 Å². The van der Waals surface area contributed by atoms with Crippen LogP contribution in [-0.4, -0.2) is 49.3 Å². The summed E-state index contributed by atoms with van der Waals surface area (Å²) < 4.78 is 5.71. The fourth-order valence-electron chi connectivity index (χ4n) is 2.38. The Hall–Kier alpha value is -1.20. The summed E-state index contributed by atoms with van der Waals surface area (Å²) in [6.07, 6.45) is 3.59. The smallest absolute Gasteiger partial charge is 0.260 e. The number of carbonyl (C=O) groups is 1. The van der Waals surface area contributed by atoms with Gasteiger partial charge in [0.05, 0.1) is 0 Å². The monoisotopic (exact) mass is 308 g/mol. The Morgan fingerprint density at radius 1 is 1.33 bits per heavy atom. The number of benzene rings is 1. The Morgan fingerprint density at radius 2 is 1.95 bits per heavy atom. The van der Waals surface area contributed by atoms with Crippen LogP contribution in [0, 0.1) is 0 Å². The molecular weight excluding hydrogens is 284 g/mol. The Kier molecular flexibility index (Phi) is 5.94. The molecule has 1 atom stereocenters. The molecule has 4 nitrogen and oxygen atoms in total. The lowest BCUT2D eigenvalue weighted by Crippen LogP contribution is -2.47. The molecule has 5 heteroatoms. The second-order valence-electron chi connectivity index (χ2n) is 5.52. The van der Waals surface area contributed by atoms with Gasteiger partial charge in [-0.25, -0.2) is 0 Å². The number of hydrogen-bond acceptors (Lipinski definition) is 4. The number of hydrogen-bond donors (Lipinski definition) is 1. The summed E-state index contributed by atoms with van der Waals surface area (Å²) in [5, 5.41) is 3.09. The molecule has 0 bridgehead atoms. The quantitative estimate of drug-likeness (QED) is 0.848. The van der Waals surface area contributed by atoms with Crippen molar-refractivity contribution in [1.82, 2.24) is 10.2 Å². The molecule has 116 valence electrons. The van der Waals surface area contributed by atoms with Crippen molar-refractivity contribution in [2.24, 2.45) is 0 Å². The van der Waals surface area contributed by atoms with Crippen molar-refractivity contribution in [3.63, 3.8) is 0 Å². The lowest BCUT2D eigenvalue weighted by Gasteiger charge is -2.30. The largest absolute Gasteiger partial charge is 0.481 e. The minimum atomic E-state index is -0.468. The van der Waals surface area contributed by atoms with Gasteiger partial charge in [-0.05, 0) is 70.4 Å². The summed E-state index contributed by atoms with van der Waals surface area (Å²) >= 11 is 1.69. The van der Waals surface area contributed by atoms with Gasteiger partial charge >= 0.3 is 0 Å². The second kappa shape index (κ2) is 7.71. The highest BCUT2D eigenvalue weighted by atomic mass is 32.2. The highest BCUT2D eigenvalue weighted by molar-refractivity contribution is 7.98. The molecule has 21 heavy (non-hydrogen) atoms. The number of amides is 1. The zero-order chi connectivity index (χ0) is 15.2. The van der Waals surface area contributed by atoms with Crippen molar-refractivity contribution in [2.75, 3.05) is 26.4 Å². The molecule has 2 rings (SSSR count). The fourth-order valence-corrected chi connectivity index (χ4v) is 2.79. The summed E-state index contributed by atoms with van der Waals surface area (Å²) in [6, 6.07) is 8.10. The number of carbonyl (C=O) groups excluding carboxylic acids is 1. The molecular formula is C16H24N2O2S. The first-order chi connectivity index (χ1) is 10.1. The maximum atomic E-state index is 12.2. The number of piperidine rings is 1. The zero-order valence-electron chi connectivity index (χ0n) is 13.0. The van der Waals surface area contributed by atoms with Gasteiger partial charge in [-0.3, -0.25) is 4.79 Å². The van der Waals surface area contributed by atoms with Crippen LogP contribution in [0.25, 0.3) is 0 Å². The van der Waals surface area contributed by atoms with Gasteiger partial charge in [-0.15, -0.1) is 11.8 Å². The Bertz CT molecular complexity index is 456. The van der Waals surface area contributed by atoms with E-state index in [4.69, 9.17) is 4.74 Å². The lowest BCUT2D eigenvalue weighted by molar-refractivity contribution is -0.128. The van der Waals surface area contributed by atoms with Crippen molar-refractivity contribution >= 4 is 17.7 Å². The van der Waals surface area contributed by atoms with E-state index in [0.29, 0.717) is 0 Å². The van der Waals surface area contributed by atoms with E-state index in [1.165, 1.54) is 4.90 Å². The van der Waals surface area contributed by atoms with E-state index in [1.54, 1.807) is 18.7 Å². The number of rotatable bonds is 5. The molecule has 0 spiro atoms. The topological polar surface area (TPSA) is 41.6 Å². The van der Waals surface area contributed by atoms with E-state index in [0.717, 1.165) is 31.7 Å². The van der Waals surface area contributed by atoms with Crippen LogP contribution < -0.4 is 10.1 Å². The lowest BCUT2D eigenvalue weighted by atomic mass is 10.1. The molecule has 1 aromatic rings. The van der Waals surface area contributed by atoms with E-state index in [2.05, 4.69) is 17.3 Å². The van der Waals surface area contributed by atoms with E-state index < -0.39 is 6.10 Å². The van der Waals surface area contributed by atoms with Gasteiger partial charge in [0, 0.05) is 10.9 Å². The van der Waals surface area contributed by atoms with Gasteiger partial charge in [0.1, 0.15) is 5.75 Å². The maximum Gasteiger partial charge on any atom is 0.260 e. The van der Waals surface area contributed by atoms with E-state index in [1.807, 2.05) is 30.5 Å². The van der Waals surface area contributed by atoms with E-state index >= 15 is 0 Å². The van der Waals surface area contributed by atoms with Gasteiger partial charge in [0.15, 0.2) is 6.10 Å². The average Bonchev–Trinajstić information content (AvgIpc) is 2.50. The highest BCUT2D eigenvalue weighted by Crippen LogP contribution is 2.20. The summed E-state index contributed by atoms with van der Waals surface area (Å²) in [5.74, 6) is 0.706. The van der Waals surface area contributed by atoms with Crippen molar-refractivity contribution in [3.8, 4) is 5.75 Å². The van der Waals surface area contributed by atoms with Gasteiger partial charge in [-0.1, -0.05) is 0 Å². The molecule has 1 aliphatic rings. The highest BCUT2D eigenvalue weighted by Gasteiger charge is 2.22. The molecule has 1 fully saturated rings. The molecule has 1 N–H and O–H groups in total. The first kappa shape index (κ1) is 16.2. The number of nitrogens with one attached hydrogen (secondary N) is 1. The predicted octanol–water partition coefficient (Wildman–Crippen LogP) is 2.39. The SMILES string of the molecule is CSc1ccc(OC(C)C(=O)NC2CCN(C)CC2)cc1. The van der Waals surface area contributed by atoms with Crippen molar-refractivity contribution in [2.45, 2.75) is 36.8 Å². The van der Waals surface area contributed by atoms with Gasteiger partial charge in [-0.2, -0.15) is 0 Å². The molecule has 1 aliphatic heterocycles. The third-order valence-electron chi connectivity index (χ3n) is 3.81. The second-order valence-corrected chi connectivity index (χ2v) is 6.40. The molecule has 0 aromatic heterocycles. The van der Waals surface area contributed by atoms with Crippen LogP contribution in [0.5, 0.6) is 5.75 Å². The Morgan fingerprint density at radius 3 is 2.52 bits per heavy atom. The number of ether oxygens (including phenoxy) is 1. The molecule has 1 saturated heterocycles. The third kappa shape index (κ3) is 4.93. The van der Waals surface area contributed by atoms with Crippen LogP contribution in [0.1, 0.15) is 19.8 Å². The Labute approximate surface area is 131 Å². The number of nitrogens with zero attached hydrogens (tertiary/aromatic N) is 1. The van der Waals surface area contributed by atoms with Gasteiger partial charge in [0.25, 0.3) is 5.91 Å². The minimum absolute atomic E-state index is 0.0292. The third-order valence-corrected chi connectivity index (χ3v) is 4.55. The first-order valence-corrected chi connectivity index (χ1v) is 8.60. The number of likely N-dealkylation sites (tertiary alicyclic amines) is 1. The normalized spacial score (nSPS) is 18.2. The van der Waals surface area contributed by atoms with Gasteiger partial charge in [0.2, 0.25) is 0 Å². The fraction of sp³-hybridized carbons (Fsp3) is 0.562. The summed E-state index contributed by atoms with van der Waals surface area (Å²) in [6.45, 7) is 3.87. The van der Waals surface area contributed by atoms with E-state index in [9.17, 15) is 4.79 Å². The molecule has 0 aliphatic carbocycles. The van der Waals surface area contributed by atoms with Crippen molar-refractivity contribution in [3.05, 3.63) is 24.3 Å². The van der Waals surface area contributed by atoms with Crippen LogP contribution >= 0.6 is 11.8 Å². The van der Waals surface area contributed by atoms with Crippen LogP contribution in [0.3, 0.4) is 0 Å². The molecule has 1 amide bonds. The molecule has 1 unspecified atom stereocenters. The average molecular weight is 308 g/mol. The summed E-state index contributed by atoms with van der Waals surface area (Å²) in [4.78, 5) is 15.6. The standard InChI is InChI=1S/C16H24N2O2S/c1-12(20-14-4-6-15(21-3)7-5-14)16(19)17-13-8-10-18(2)11-9-13/h4-7,12-13H,8-11H2,1-3H3,(H,17,19). The summed E-state index contributed by atoms with van der Waals surface area (Å²) in [5.41, 5.74) is 0.